The van der Waals surface area contributed by atoms with Crippen LogP contribution in [0.2, 0.25) is 0 Å². The zero-order valence-electron chi connectivity index (χ0n) is 11.8. The number of hydrogen-bond donors (Lipinski definition) is 1. The number of imidazole rings is 1. The molecule has 0 bridgehead atoms. The summed E-state index contributed by atoms with van der Waals surface area (Å²) in [7, 11) is 4.19. The number of nitrogens with one attached hydrogen (secondary N) is 1. The molecule has 5 nitrogen and oxygen atoms in total. The molecule has 3 rings (SSSR count). The lowest BCUT2D eigenvalue weighted by atomic mass is 10.3. The van der Waals surface area contributed by atoms with Gasteiger partial charge in [-0.05, 0) is 38.5 Å². The molecule has 1 aliphatic carbocycles. The van der Waals surface area contributed by atoms with Crippen molar-refractivity contribution in [2.24, 2.45) is 7.05 Å². The Morgan fingerprint density at radius 3 is 2.84 bits per heavy atom. The Balaban J connectivity index is 1.91. The van der Waals surface area contributed by atoms with E-state index < -0.39 is 0 Å². The highest BCUT2D eigenvalue weighted by atomic mass is 32.1. The van der Waals surface area contributed by atoms with Crippen molar-refractivity contribution in [1.82, 2.24) is 24.2 Å². The first-order valence-electron chi connectivity index (χ1n) is 6.96. The zero-order chi connectivity index (χ0) is 13.6. The summed E-state index contributed by atoms with van der Waals surface area (Å²) in [6.07, 6.45) is 3.61. The Labute approximate surface area is 118 Å². The first-order valence-corrected chi connectivity index (χ1v) is 7.37. The van der Waals surface area contributed by atoms with Gasteiger partial charge in [0.2, 0.25) is 0 Å². The van der Waals surface area contributed by atoms with Crippen LogP contribution in [0.4, 0.5) is 0 Å². The van der Waals surface area contributed by atoms with Gasteiger partial charge in [-0.25, -0.2) is 0 Å². The normalized spacial score (nSPS) is 15.8. The molecule has 0 atom stereocenters. The molecule has 0 amide bonds. The van der Waals surface area contributed by atoms with Crippen molar-refractivity contribution < 1.29 is 0 Å². The predicted octanol–water partition coefficient (Wildman–Crippen LogP) is 2.09. The van der Waals surface area contributed by atoms with Crippen LogP contribution in [0.15, 0.2) is 0 Å². The summed E-state index contributed by atoms with van der Waals surface area (Å²) in [6, 6.07) is 0.793. The van der Waals surface area contributed by atoms with E-state index in [1.807, 2.05) is 11.7 Å². The third-order valence-electron chi connectivity index (χ3n) is 4.00. The molecule has 1 fully saturated rings. The molecule has 0 spiro atoms. The van der Waals surface area contributed by atoms with E-state index in [4.69, 9.17) is 12.2 Å². The molecule has 2 aromatic rings. The molecule has 0 unspecified atom stereocenters. The van der Waals surface area contributed by atoms with E-state index in [2.05, 4.69) is 33.5 Å². The van der Waals surface area contributed by atoms with E-state index in [1.54, 1.807) is 0 Å². The largest absolute Gasteiger partial charge is 0.328 e. The van der Waals surface area contributed by atoms with Crippen molar-refractivity contribution in [1.29, 1.82) is 0 Å². The highest BCUT2D eigenvalue weighted by molar-refractivity contribution is 7.71. The summed E-state index contributed by atoms with van der Waals surface area (Å²) in [5.41, 5.74) is 3.31. The second-order valence-electron chi connectivity index (χ2n) is 5.42. The van der Waals surface area contributed by atoms with Gasteiger partial charge in [0.25, 0.3) is 0 Å². The molecule has 0 saturated heterocycles. The molecular weight excluding hydrogens is 258 g/mol. The second-order valence-corrected chi connectivity index (χ2v) is 5.80. The smallest absolute Gasteiger partial charge is 0.179 e. The number of H-pyrrole nitrogens is 1. The Morgan fingerprint density at radius 1 is 1.47 bits per heavy atom. The summed E-state index contributed by atoms with van der Waals surface area (Å²) in [5, 5.41) is 4.55. The summed E-state index contributed by atoms with van der Waals surface area (Å²) in [5.74, 6) is 0. The number of aromatic amines is 1. The van der Waals surface area contributed by atoms with Gasteiger partial charge in [0.15, 0.2) is 10.4 Å². The van der Waals surface area contributed by atoms with Gasteiger partial charge in [-0.3, -0.25) is 4.68 Å². The lowest BCUT2D eigenvalue weighted by Crippen LogP contribution is -2.25. The van der Waals surface area contributed by atoms with E-state index in [0.29, 0.717) is 0 Å². The maximum absolute atomic E-state index is 5.45. The third-order valence-corrected chi connectivity index (χ3v) is 4.33. The van der Waals surface area contributed by atoms with Crippen LogP contribution in [0.3, 0.4) is 0 Å². The lowest BCUT2D eigenvalue weighted by molar-refractivity contribution is 0.309. The summed E-state index contributed by atoms with van der Waals surface area (Å²) >= 11 is 5.45. The molecule has 1 aliphatic rings. The maximum atomic E-state index is 5.45. The van der Waals surface area contributed by atoms with Crippen LogP contribution >= 0.6 is 12.2 Å². The molecule has 19 heavy (non-hydrogen) atoms. The fourth-order valence-electron chi connectivity index (χ4n) is 2.69. The van der Waals surface area contributed by atoms with Crippen LogP contribution in [-0.4, -0.2) is 43.9 Å². The number of aromatic nitrogens is 4. The minimum atomic E-state index is 0.793. The van der Waals surface area contributed by atoms with Crippen LogP contribution < -0.4 is 0 Å². The molecule has 1 saturated carbocycles. The minimum absolute atomic E-state index is 0.793. The summed E-state index contributed by atoms with van der Waals surface area (Å²) in [6.45, 7) is 4.09. The van der Waals surface area contributed by atoms with Crippen molar-refractivity contribution in [2.45, 2.75) is 38.8 Å². The number of fused-ring (bicyclic) bond motifs is 1. The van der Waals surface area contributed by atoms with E-state index >= 15 is 0 Å². The van der Waals surface area contributed by atoms with Crippen LogP contribution in [0, 0.1) is 4.77 Å². The summed E-state index contributed by atoms with van der Waals surface area (Å²) in [4.78, 5) is 5.74. The Bertz CT molecular complexity index is 646. The SMILES string of the molecule is CCc1nn(C)c2c1[nH]c(=S)n2CCN(C)C1CC1. The molecule has 6 heteroatoms. The fourth-order valence-corrected chi connectivity index (χ4v) is 2.97. The van der Waals surface area contributed by atoms with Gasteiger partial charge in [-0.15, -0.1) is 0 Å². The fraction of sp³-hybridized carbons (Fsp3) is 0.692. The van der Waals surface area contributed by atoms with E-state index in [1.165, 1.54) is 12.8 Å². The molecule has 0 aliphatic heterocycles. The van der Waals surface area contributed by atoms with Crippen molar-refractivity contribution in [3.63, 3.8) is 0 Å². The molecule has 0 radical (unpaired) electrons. The van der Waals surface area contributed by atoms with Crippen LogP contribution in [0.5, 0.6) is 0 Å². The highest BCUT2D eigenvalue weighted by Gasteiger charge is 2.26. The van der Waals surface area contributed by atoms with Gasteiger partial charge in [-0.2, -0.15) is 5.10 Å². The topological polar surface area (TPSA) is 41.8 Å². The van der Waals surface area contributed by atoms with Gasteiger partial charge in [0, 0.05) is 26.2 Å². The quantitative estimate of drug-likeness (QED) is 0.852. The second kappa shape index (κ2) is 4.76. The molecule has 2 heterocycles. The van der Waals surface area contributed by atoms with E-state index in [0.717, 1.165) is 47.2 Å². The number of likely N-dealkylation sites (N-methyl/N-ethyl adjacent to an activating group) is 1. The van der Waals surface area contributed by atoms with Crippen LogP contribution in [0.1, 0.15) is 25.5 Å². The van der Waals surface area contributed by atoms with Crippen molar-refractivity contribution in [2.75, 3.05) is 13.6 Å². The number of aryl methyl sites for hydroxylation is 2. The van der Waals surface area contributed by atoms with Crippen molar-refractivity contribution in [3.8, 4) is 0 Å². The first-order chi connectivity index (χ1) is 9.11. The molecule has 0 aromatic carbocycles. The van der Waals surface area contributed by atoms with Gasteiger partial charge < -0.3 is 14.5 Å². The average Bonchev–Trinajstić information content (AvgIpc) is 3.12. The lowest BCUT2D eigenvalue weighted by Gasteiger charge is -2.15. The molecule has 2 aromatic heterocycles. The third kappa shape index (κ3) is 2.23. The maximum Gasteiger partial charge on any atom is 0.179 e. The Morgan fingerprint density at radius 2 is 2.21 bits per heavy atom. The standard InChI is InChI=1S/C13H21N5S/c1-4-10-11-12(17(3)15-10)18(13(19)14-11)8-7-16(2)9-5-6-9/h9H,4-8H2,1-3H3,(H,14,19). The Hall–Kier alpha value is -1.14. The monoisotopic (exact) mass is 279 g/mol. The van der Waals surface area contributed by atoms with Gasteiger partial charge in [0.05, 0.1) is 5.69 Å². The van der Waals surface area contributed by atoms with Crippen molar-refractivity contribution >= 4 is 23.4 Å². The van der Waals surface area contributed by atoms with E-state index in [9.17, 15) is 0 Å². The molecule has 1 N–H and O–H groups in total. The molecular formula is C13H21N5S. The number of hydrogen-bond acceptors (Lipinski definition) is 3. The minimum Gasteiger partial charge on any atom is -0.328 e. The van der Waals surface area contributed by atoms with Crippen LogP contribution in [-0.2, 0) is 20.0 Å². The average molecular weight is 279 g/mol. The Kier molecular flexibility index (Phi) is 3.22. The van der Waals surface area contributed by atoms with Crippen LogP contribution in [0.25, 0.3) is 11.2 Å². The zero-order valence-corrected chi connectivity index (χ0v) is 12.6. The van der Waals surface area contributed by atoms with E-state index in [-0.39, 0.29) is 0 Å². The molecule has 104 valence electrons. The predicted molar refractivity (Wildman–Crippen MR) is 78.9 cm³/mol. The van der Waals surface area contributed by atoms with Gasteiger partial charge in [0.1, 0.15) is 5.52 Å². The van der Waals surface area contributed by atoms with Gasteiger partial charge in [-0.1, -0.05) is 6.92 Å². The number of rotatable bonds is 5. The van der Waals surface area contributed by atoms with Crippen molar-refractivity contribution in [3.05, 3.63) is 10.5 Å². The van der Waals surface area contributed by atoms with Gasteiger partial charge >= 0.3 is 0 Å². The number of nitrogens with zero attached hydrogens (tertiary/aromatic N) is 4. The summed E-state index contributed by atoms with van der Waals surface area (Å²) < 4.78 is 4.93. The first kappa shape index (κ1) is 12.9. The highest BCUT2D eigenvalue weighted by Crippen LogP contribution is 2.25.